The van der Waals surface area contributed by atoms with Gasteiger partial charge in [-0.15, -0.1) is 0 Å². The number of nitrogens with one attached hydrogen (secondary N) is 1. The summed E-state index contributed by atoms with van der Waals surface area (Å²) < 4.78 is 12.1. The number of hydrogen-bond acceptors (Lipinski definition) is 5. The minimum absolute atomic E-state index is 0.00314. The summed E-state index contributed by atoms with van der Waals surface area (Å²) in [7, 11) is 0. The molecule has 1 aliphatic carbocycles. The highest BCUT2D eigenvalue weighted by molar-refractivity contribution is 6.30. The standard InChI is InChI=1S/C24H35ClN2O4/c25-19-7-5-17(6-8-19)12-26-24(29)11-21-9-10-22-23(31-21)16-30-15-20(28)14-27(22)13-18-3-1-2-4-18/h5-8,18,20-23,28H,1-4,9-16H2,(H,26,29)/t20-,21+,22-,23+/m1/s1. The van der Waals surface area contributed by atoms with Gasteiger partial charge in [0.1, 0.15) is 0 Å². The Morgan fingerprint density at radius 1 is 1.13 bits per heavy atom. The van der Waals surface area contributed by atoms with Gasteiger partial charge >= 0.3 is 0 Å². The lowest BCUT2D eigenvalue weighted by Crippen LogP contribution is -2.56. The van der Waals surface area contributed by atoms with Crippen LogP contribution in [0.2, 0.25) is 5.02 Å². The Morgan fingerprint density at radius 3 is 2.68 bits per heavy atom. The summed E-state index contributed by atoms with van der Waals surface area (Å²) >= 11 is 5.91. The largest absolute Gasteiger partial charge is 0.389 e. The lowest BCUT2D eigenvalue weighted by molar-refractivity contribution is -0.158. The number of nitrogens with zero attached hydrogens (tertiary/aromatic N) is 1. The van der Waals surface area contributed by atoms with E-state index in [4.69, 9.17) is 21.1 Å². The fourth-order valence-corrected chi connectivity index (χ4v) is 5.39. The van der Waals surface area contributed by atoms with Crippen molar-refractivity contribution in [1.82, 2.24) is 10.2 Å². The molecule has 31 heavy (non-hydrogen) atoms. The van der Waals surface area contributed by atoms with Gasteiger partial charge in [-0.2, -0.15) is 0 Å². The summed E-state index contributed by atoms with van der Waals surface area (Å²) in [4.78, 5) is 14.9. The van der Waals surface area contributed by atoms with Gasteiger partial charge in [0, 0.05) is 30.7 Å². The monoisotopic (exact) mass is 450 g/mol. The van der Waals surface area contributed by atoms with Crippen molar-refractivity contribution < 1.29 is 19.4 Å². The van der Waals surface area contributed by atoms with E-state index in [1.165, 1.54) is 25.7 Å². The number of halogens is 1. The van der Waals surface area contributed by atoms with Crippen molar-refractivity contribution in [3.05, 3.63) is 34.9 Å². The third-order valence-electron chi connectivity index (χ3n) is 6.87. The molecular weight excluding hydrogens is 416 g/mol. The van der Waals surface area contributed by atoms with Gasteiger partial charge in [-0.3, -0.25) is 9.69 Å². The van der Waals surface area contributed by atoms with Crippen molar-refractivity contribution in [3.63, 3.8) is 0 Å². The predicted octanol–water partition coefficient (Wildman–Crippen LogP) is 3.15. The van der Waals surface area contributed by atoms with E-state index in [9.17, 15) is 9.90 Å². The molecule has 2 saturated heterocycles. The van der Waals surface area contributed by atoms with Crippen LogP contribution in [0, 0.1) is 5.92 Å². The number of ether oxygens (including phenoxy) is 2. The molecule has 7 heteroatoms. The van der Waals surface area contributed by atoms with Gasteiger partial charge in [0.2, 0.25) is 5.91 Å². The molecule has 2 aliphatic heterocycles. The molecule has 4 rings (SSSR count). The van der Waals surface area contributed by atoms with Crippen LogP contribution in [-0.2, 0) is 20.8 Å². The molecule has 172 valence electrons. The molecule has 0 radical (unpaired) electrons. The second kappa shape index (κ2) is 11.1. The van der Waals surface area contributed by atoms with Crippen molar-refractivity contribution in [3.8, 4) is 0 Å². The highest BCUT2D eigenvalue weighted by Gasteiger charge is 2.38. The maximum atomic E-state index is 12.5. The molecule has 0 aromatic heterocycles. The molecule has 2 heterocycles. The van der Waals surface area contributed by atoms with Gasteiger partial charge in [0.15, 0.2) is 0 Å². The van der Waals surface area contributed by atoms with Gasteiger partial charge < -0.3 is 19.9 Å². The second-order valence-corrected chi connectivity index (χ2v) is 9.78. The van der Waals surface area contributed by atoms with E-state index in [2.05, 4.69) is 10.2 Å². The number of amides is 1. The molecule has 6 nitrogen and oxygen atoms in total. The average Bonchev–Trinajstić information content (AvgIpc) is 3.25. The molecule has 4 atom stereocenters. The molecule has 3 fully saturated rings. The van der Waals surface area contributed by atoms with Crippen LogP contribution in [0.15, 0.2) is 24.3 Å². The number of aliphatic hydroxyl groups is 1. The number of fused-ring (bicyclic) bond motifs is 1. The number of carbonyl (C=O) groups is 1. The normalized spacial score (nSPS) is 30.4. The summed E-state index contributed by atoms with van der Waals surface area (Å²) in [5.41, 5.74) is 1.02. The van der Waals surface area contributed by atoms with Crippen LogP contribution in [0.25, 0.3) is 0 Å². The zero-order chi connectivity index (χ0) is 21.6. The minimum atomic E-state index is -0.446. The van der Waals surface area contributed by atoms with Crippen LogP contribution >= 0.6 is 11.6 Å². The molecule has 1 aromatic rings. The smallest absolute Gasteiger partial charge is 0.222 e. The topological polar surface area (TPSA) is 71.0 Å². The Bertz CT molecular complexity index is 710. The van der Waals surface area contributed by atoms with Gasteiger partial charge in [-0.1, -0.05) is 36.6 Å². The third-order valence-corrected chi connectivity index (χ3v) is 7.12. The maximum Gasteiger partial charge on any atom is 0.222 e. The lowest BCUT2D eigenvalue weighted by Gasteiger charge is -2.45. The number of β-amino-alcohol motifs (C(OH)–C–C–N with tert-alkyl or cyclic N) is 1. The highest BCUT2D eigenvalue weighted by Crippen LogP contribution is 2.31. The predicted molar refractivity (Wildman–Crippen MR) is 120 cm³/mol. The summed E-state index contributed by atoms with van der Waals surface area (Å²) in [5, 5.41) is 14.0. The van der Waals surface area contributed by atoms with Crippen molar-refractivity contribution in [2.24, 2.45) is 5.92 Å². The zero-order valence-corrected chi connectivity index (χ0v) is 18.9. The summed E-state index contributed by atoms with van der Waals surface area (Å²) in [5.74, 6) is 0.730. The van der Waals surface area contributed by atoms with E-state index in [0.717, 1.165) is 30.9 Å². The average molecular weight is 451 g/mol. The lowest BCUT2D eigenvalue weighted by atomic mass is 9.93. The number of carbonyl (C=O) groups excluding carboxylic acids is 1. The molecule has 0 spiro atoms. The van der Waals surface area contributed by atoms with Crippen LogP contribution < -0.4 is 5.32 Å². The van der Waals surface area contributed by atoms with E-state index >= 15 is 0 Å². The molecule has 1 saturated carbocycles. The molecule has 0 unspecified atom stereocenters. The Labute approximate surface area is 190 Å². The molecular formula is C24H35ClN2O4. The van der Waals surface area contributed by atoms with Gasteiger partial charge in [-0.05, 0) is 49.3 Å². The Kier molecular flexibility index (Phi) is 8.24. The van der Waals surface area contributed by atoms with Gasteiger partial charge in [0.05, 0.1) is 37.9 Å². The zero-order valence-electron chi connectivity index (χ0n) is 18.2. The third kappa shape index (κ3) is 6.65. The summed E-state index contributed by atoms with van der Waals surface area (Å²) in [6.07, 6.45) is 6.83. The molecule has 1 aromatic carbocycles. The fraction of sp³-hybridized carbons (Fsp3) is 0.708. The Hall–Kier alpha value is -1.18. The first-order valence-corrected chi connectivity index (χ1v) is 12.1. The van der Waals surface area contributed by atoms with Crippen molar-refractivity contribution in [2.75, 3.05) is 26.3 Å². The fourth-order valence-electron chi connectivity index (χ4n) is 5.26. The van der Waals surface area contributed by atoms with Crippen LogP contribution in [0.1, 0.15) is 50.5 Å². The number of aliphatic hydroxyl groups excluding tert-OH is 1. The Morgan fingerprint density at radius 2 is 1.90 bits per heavy atom. The highest BCUT2D eigenvalue weighted by atomic mass is 35.5. The number of rotatable bonds is 6. The van der Waals surface area contributed by atoms with Crippen molar-refractivity contribution >= 4 is 17.5 Å². The van der Waals surface area contributed by atoms with E-state index in [-0.39, 0.29) is 24.2 Å². The number of benzene rings is 1. The summed E-state index contributed by atoms with van der Waals surface area (Å²) in [6, 6.07) is 7.75. The van der Waals surface area contributed by atoms with Crippen LogP contribution in [0.3, 0.4) is 0 Å². The van der Waals surface area contributed by atoms with Crippen molar-refractivity contribution in [2.45, 2.75) is 75.8 Å². The molecule has 1 amide bonds. The maximum absolute atomic E-state index is 12.5. The minimum Gasteiger partial charge on any atom is -0.389 e. The first kappa shape index (κ1) is 23.0. The second-order valence-electron chi connectivity index (χ2n) is 9.34. The van der Waals surface area contributed by atoms with E-state index in [1.54, 1.807) is 0 Å². The van der Waals surface area contributed by atoms with E-state index < -0.39 is 6.10 Å². The molecule has 3 aliphatic rings. The van der Waals surface area contributed by atoms with Gasteiger partial charge in [-0.25, -0.2) is 0 Å². The van der Waals surface area contributed by atoms with E-state index in [1.807, 2.05) is 24.3 Å². The van der Waals surface area contributed by atoms with E-state index in [0.29, 0.717) is 37.7 Å². The first-order valence-electron chi connectivity index (χ1n) is 11.7. The van der Waals surface area contributed by atoms with Crippen LogP contribution in [0.4, 0.5) is 0 Å². The van der Waals surface area contributed by atoms with Crippen LogP contribution in [0.5, 0.6) is 0 Å². The quantitative estimate of drug-likeness (QED) is 0.696. The Balaban J connectivity index is 1.29. The SMILES string of the molecule is O=C(C[C@@H]1CC[C@@H]2[C@H](COC[C@H](O)CN2CC2CCCC2)O1)NCc1ccc(Cl)cc1. The molecule has 0 bridgehead atoms. The molecule has 2 N–H and O–H groups in total. The summed E-state index contributed by atoms with van der Waals surface area (Å²) in [6.45, 7) is 3.00. The van der Waals surface area contributed by atoms with Crippen molar-refractivity contribution in [1.29, 1.82) is 0 Å². The van der Waals surface area contributed by atoms with Crippen LogP contribution in [-0.4, -0.2) is 66.6 Å². The van der Waals surface area contributed by atoms with Gasteiger partial charge in [0.25, 0.3) is 0 Å². The number of hydrogen-bond donors (Lipinski definition) is 2. The first-order chi connectivity index (χ1) is 15.1.